The van der Waals surface area contributed by atoms with Crippen molar-refractivity contribution in [1.82, 2.24) is 3.97 Å². The van der Waals surface area contributed by atoms with Gasteiger partial charge in [-0.25, -0.2) is 12.4 Å². The number of benzene rings is 2. The van der Waals surface area contributed by atoms with E-state index in [1.807, 2.05) is 0 Å². The van der Waals surface area contributed by atoms with Crippen LogP contribution in [0.5, 0.6) is 5.75 Å². The van der Waals surface area contributed by atoms with Gasteiger partial charge in [-0.1, -0.05) is 12.1 Å². The van der Waals surface area contributed by atoms with E-state index in [0.29, 0.717) is 26.0 Å². The number of hydrogen-bond donors (Lipinski definition) is 0. The highest BCUT2D eigenvalue weighted by atomic mass is 79.9. The zero-order valence-electron chi connectivity index (χ0n) is 13.3. The molecule has 131 valence electrons. The van der Waals surface area contributed by atoms with Crippen LogP contribution in [-0.2, 0) is 21.2 Å². The van der Waals surface area contributed by atoms with Crippen molar-refractivity contribution in [1.29, 1.82) is 0 Å². The summed E-state index contributed by atoms with van der Waals surface area (Å²) in [5, 5.41) is 0.567. The van der Waals surface area contributed by atoms with Gasteiger partial charge in [-0.3, -0.25) is 0 Å². The molecule has 0 aliphatic carbocycles. The first-order valence-corrected chi connectivity index (χ1v) is 10.8. The van der Waals surface area contributed by atoms with Crippen molar-refractivity contribution < 1.29 is 17.7 Å². The smallest absolute Gasteiger partial charge is 0.269 e. The molecule has 0 aliphatic heterocycles. The Morgan fingerprint density at radius 2 is 2.00 bits per heavy atom. The van der Waals surface area contributed by atoms with Crippen LogP contribution in [0.15, 0.2) is 62.9 Å². The van der Waals surface area contributed by atoms with Gasteiger partial charge in [-0.2, -0.15) is 0 Å². The Morgan fingerprint density at radius 3 is 2.64 bits per heavy atom. The minimum absolute atomic E-state index is 0.134. The molecule has 0 bridgehead atoms. The molecule has 3 rings (SSSR count). The summed E-state index contributed by atoms with van der Waals surface area (Å²) in [5.74, 6) is 0.705. The number of hydrogen-bond acceptors (Lipinski definition) is 4. The molecule has 0 saturated heterocycles. The normalized spacial score (nSPS) is 13.1. The van der Waals surface area contributed by atoms with Crippen LogP contribution in [0.2, 0.25) is 0 Å². The lowest BCUT2D eigenvalue weighted by Crippen LogP contribution is -2.12. The summed E-state index contributed by atoms with van der Waals surface area (Å²) >= 11 is 1.87. The van der Waals surface area contributed by atoms with Gasteiger partial charge in [0.15, 0.2) is 4.90 Å². The van der Waals surface area contributed by atoms with E-state index in [1.54, 1.807) is 36.4 Å². The summed E-state index contributed by atoms with van der Waals surface area (Å²) in [4.78, 5) is 0.550. The number of aromatic nitrogens is 1. The predicted molar refractivity (Wildman–Crippen MR) is 102 cm³/mol. The number of methoxy groups -OCH3 is 1. The second-order valence-corrected chi connectivity index (χ2v) is 9.33. The number of nitrogens with zero attached hydrogens (tertiary/aromatic N) is 1. The number of rotatable bonds is 5. The molecule has 0 amide bonds. The van der Waals surface area contributed by atoms with Gasteiger partial charge in [0.05, 0.1) is 24.2 Å². The maximum absolute atomic E-state index is 13.1. The minimum atomic E-state index is -3.86. The van der Waals surface area contributed by atoms with Crippen LogP contribution >= 0.6 is 15.9 Å². The molecule has 2 aromatic carbocycles. The van der Waals surface area contributed by atoms with Crippen molar-refractivity contribution >= 4 is 48.0 Å². The molecule has 5 nitrogen and oxygen atoms in total. The molecule has 8 heteroatoms. The molecule has 0 saturated carbocycles. The van der Waals surface area contributed by atoms with Gasteiger partial charge in [0, 0.05) is 4.47 Å². The molecule has 0 aliphatic rings. The van der Waals surface area contributed by atoms with E-state index in [0.717, 1.165) is 3.97 Å². The van der Waals surface area contributed by atoms with Crippen molar-refractivity contribution in [3.8, 4) is 5.75 Å². The van der Waals surface area contributed by atoms with E-state index < -0.39 is 21.2 Å². The van der Waals surface area contributed by atoms with Gasteiger partial charge in [0.25, 0.3) is 10.0 Å². The Balaban J connectivity index is 2.32. The Kier molecular flexibility index (Phi) is 5.15. The van der Waals surface area contributed by atoms with Crippen LogP contribution < -0.4 is 4.74 Å². The summed E-state index contributed by atoms with van der Waals surface area (Å²) in [5.41, 5.74) is 0.438. The number of ether oxygens (including phenoxy) is 1. The minimum Gasteiger partial charge on any atom is -0.611 e. The summed E-state index contributed by atoms with van der Waals surface area (Å²) in [6.07, 6.45) is 1.40. The maximum Gasteiger partial charge on any atom is 0.269 e. The molecule has 1 radical (unpaired) electrons. The molecule has 0 N–H and O–H groups in total. The summed E-state index contributed by atoms with van der Waals surface area (Å²) in [6.45, 7) is 3.66. The molecule has 1 atom stereocenters. The molecule has 1 unspecified atom stereocenters. The standard InChI is InChI=1S/C17H15BrNO4S2/c1-3-24(20)16-11-19(15-9-8-12(23-2)10-13(15)16)25(21,22)17-7-5-4-6-14(17)18/h4-11H,1,3H2,2H3. The molecule has 1 aromatic heterocycles. The van der Waals surface area contributed by atoms with Crippen LogP contribution in [0.3, 0.4) is 0 Å². The third-order valence-corrected chi connectivity index (χ3v) is 7.62. The lowest BCUT2D eigenvalue weighted by molar-refractivity contribution is 0.415. The Hall–Kier alpha value is -1.48. The predicted octanol–water partition coefficient (Wildman–Crippen LogP) is 3.59. The third-order valence-electron chi connectivity index (χ3n) is 3.75. The Morgan fingerprint density at radius 1 is 1.28 bits per heavy atom. The fraction of sp³-hybridized carbons (Fsp3) is 0.118. The highest BCUT2D eigenvalue weighted by Crippen LogP contribution is 2.33. The highest BCUT2D eigenvalue weighted by Gasteiger charge is 2.27. The first-order chi connectivity index (χ1) is 11.9. The quantitative estimate of drug-likeness (QED) is 0.568. The van der Waals surface area contributed by atoms with Crippen LogP contribution in [0.4, 0.5) is 0 Å². The summed E-state index contributed by atoms with van der Waals surface area (Å²) in [6, 6.07) is 11.6. The van der Waals surface area contributed by atoms with E-state index in [2.05, 4.69) is 22.9 Å². The monoisotopic (exact) mass is 440 g/mol. The van der Waals surface area contributed by atoms with E-state index in [-0.39, 0.29) is 10.6 Å². The average molecular weight is 441 g/mol. The fourth-order valence-corrected chi connectivity index (χ4v) is 5.78. The number of fused-ring (bicyclic) bond motifs is 1. The highest BCUT2D eigenvalue weighted by molar-refractivity contribution is 9.10. The van der Waals surface area contributed by atoms with E-state index in [9.17, 15) is 13.0 Å². The van der Waals surface area contributed by atoms with E-state index in [4.69, 9.17) is 4.74 Å². The Labute approximate surface area is 158 Å². The van der Waals surface area contributed by atoms with E-state index in [1.165, 1.54) is 19.4 Å². The maximum atomic E-state index is 13.1. The van der Waals surface area contributed by atoms with Crippen molar-refractivity contribution in [3.05, 3.63) is 60.1 Å². The van der Waals surface area contributed by atoms with Gasteiger partial charge in [0.2, 0.25) is 0 Å². The molecule has 0 fully saturated rings. The first-order valence-electron chi connectivity index (χ1n) is 7.27. The lowest BCUT2D eigenvalue weighted by Gasteiger charge is -2.09. The SMILES string of the molecule is [CH2]C[S+]([O-])c1cn(S(=O)(=O)c2ccccc2Br)c2ccc(OC)cc12. The fourth-order valence-electron chi connectivity index (χ4n) is 2.53. The van der Waals surface area contributed by atoms with Crippen molar-refractivity contribution in [2.45, 2.75) is 9.79 Å². The molecular formula is C17H15BrNO4S2. The zero-order chi connectivity index (χ0) is 18.2. The number of halogens is 1. The van der Waals surface area contributed by atoms with Crippen molar-refractivity contribution in [2.24, 2.45) is 0 Å². The van der Waals surface area contributed by atoms with Gasteiger partial charge in [-0.15, -0.1) is 0 Å². The van der Waals surface area contributed by atoms with Crippen LogP contribution in [0.1, 0.15) is 0 Å². The molecule has 0 spiro atoms. The van der Waals surface area contributed by atoms with Gasteiger partial charge < -0.3 is 9.29 Å². The third kappa shape index (κ3) is 3.19. The van der Waals surface area contributed by atoms with Crippen molar-refractivity contribution in [3.63, 3.8) is 0 Å². The average Bonchev–Trinajstić information content (AvgIpc) is 3.00. The summed E-state index contributed by atoms with van der Waals surface area (Å²) < 4.78 is 45.5. The molecule has 1 heterocycles. The van der Waals surface area contributed by atoms with E-state index >= 15 is 0 Å². The zero-order valence-corrected chi connectivity index (χ0v) is 16.5. The second kappa shape index (κ2) is 7.03. The largest absolute Gasteiger partial charge is 0.611 e. The van der Waals surface area contributed by atoms with Gasteiger partial charge in [0.1, 0.15) is 16.4 Å². The summed E-state index contributed by atoms with van der Waals surface area (Å²) in [7, 11) is -2.34. The second-order valence-electron chi connectivity index (χ2n) is 5.16. The van der Waals surface area contributed by atoms with Crippen LogP contribution in [0, 0.1) is 6.92 Å². The Bertz CT molecular complexity index is 1030. The molecule has 25 heavy (non-hydrogen) atoms. The lowest BCUT2D eigenvalue weighted by atomic mass is 10.2. The van der Waals surface area contributed by atoms with Crippen LogP contribution in [0.25, 0.3) is 10.9 Å². The van der Waals surface area contributed by atoms with Gasteiger partial charge in [-0.05, 0) is 64.4 Å². The molecule has 3 aromatic rings. The molecular weight excluding hydrogens is 426 g/mol. The van der Waals surface area contributed by atoms with Gasteiger partial charge >= 0.3 is 0 Å². The van der Waals surface area contributed by atoms with Crippen LogP contribution in [-0.4, -0.2) is 29.8 Å². The first kappa shape index (κ1) is 18.3. The topological polar surface area (TPSA) is 71.4 Å². The van der Waals surface area contributed by atoms with Crippen molar-refractivity contribution in [2.75, 3.05) is 12.9 Å².